The third kappa shape index (κ3) is 1.19. The molecule has 0 radical (unpaired) electrons. The lowest BCUT2D eigenvalue weighted by Crippen LogP contribution is -2.12. The Labute approximate surface area is 70.5 Å². The van der Waals surface area contributed by atoms with Crippen LogP contribution in [0.1, 0.15) is 24.3 Å². The molecular weight excluding hydrogens is 156 g/mol. The molecule has 3 heteroatoms. The molecule has 0 atom stereocenters. The first-order valence-corrected chi connectivity index (χ1v) is 4.85. The maximum absolute atomic E-state index is 5.54. The van der Waals surface area contributed by atoms with Gasteiger partial charge < -0.3 is 5.73 Å². The van der Waals surface area contributed by atoms with E-state index >= 15 is 0 Å². The molecule has 1 heterocycles. The second-order valence-electron chi connectivity index (χ2n) is 3.16. The average molecular weight is 168 g/mol. The van der Waals surface area contributed by atoms with Crippen LogP contribution in [-0.2, 0) is 5.41 Å². The van der Waals surface area contributed by atoms with Gasteiger partial charge in [-0.25, -0.2) is 4.98 Å². The maximum atomic E-state index is 5.54. The van der Waals surface area contributed by atoms with Crippen LogP contribution in [0.4, 0.5) is 0 Å². The van der Waals surface area contributed by atoms with Crippen molar-refractivity contribution in [2.45, 2.75) is 24.7 Å². The summed E-state index contributed by atoms with van der Waals surface area (Å²) in [6.45, 7) is 0.791. The Hall–Kier alpha value is -0.410. The largest absolute Gasteiger partial charge is 0.330 e. The number of hydrogen-bond acceptors (Lipinski definition) is 3. The summed E-state index contributed by atoms with van der Waals surface area (Å²) in [5.41, 5.74) is 5.94. The van der Waals surface area contributed by atoms with Crippen molar-refractivity contribution in [3.8, 4) is 0 Å². The molecule has 0 bridgehead atoms. The minimum Gasteiger partial charge on any atom is -0.330 e. The number of hydrogen-bond donors (Lipinski definition) is 1. The van der Waals surface area contributed by atoms with Crippen LogP contribution < -0.4 is 5.73 Å². The van der Waals surface area contributed by atoms with Crippen molar-refractivity contribution in [3.63, 3.8) is 0 Å². The van der Waals surface area contributed by atoms with Crippen LogP contribution in [0.2, 0.25) is 0 Å². The van der Waals surface area contributed by atoms with Gasteiger partial charge in [0, 0.05) is 17.0 Å². The van der Waals surface area contributed by atoms with E-state index in [1.165, 1.54) is 17.8 Å². The number of thiazole rings is 1. The summed E-state index contributed by atoms with van der Waals surface area (Å²) in [6.07, 6.45) is 5.58. The van der Waals surface area contributed by atoms with Gasteiger partial charge in [-0.05, 0) is 25.8 Å². The van der Waals surface area contributed by atoms with E-state index in [1.807, 2.05) is 11.6 Å². The molecule has 1 aliphatic rings. The summed E-state index contributed by atoms with van der Waals surface area (Å²) in [7, 11) is 0. The predicted octanol–water partition coefficient (Wildman–Crippen LogP) is 1.52. The molecule has 1 fully saturated rings. The van der Waals surface area contributed by atoms with Gasteiger partial charge in [-0.15, -0.1) is 11.3 Å². The molecule has 0 aliphatic heterocycles. The quantitative estimate of drug-likeness (QED) is 0.743. The first-order chi connectivity index (χ1) is 5.37. The molecule has 1 aromatic rings. The fourth-order valence-corrected chi connectivity index (χ4v) is 2.41. The van der Waals surface area contributed by atoms with Crippen LogP contribution in [0.3, 0.4) is 0 Å². The van der Waals surface area contributed by atoms with E-state index < -0.39 is 0 Å². The minimum atomic E-state index is 0.406. The highest BCUT2D eigenvalue weighted by molar-refractivity contribution is 7.09. The van der Waals surface area contributed by atoms with Crippen molar-refractivity contribution in [2.75, 3.05) is 6.54 Å². The van der Waals surface area contributed by atoms with Crippen molar-refractivity contribution in [3.05, 3.63) is 16.6 Å². The highest BCUT2D eigenvalue weighted by Gasteiger charge is 2.45. The molecule has 1 saturated carbocycles. The van der Waals surface area contributed by atoms with Crippen molar-refractivity contribution in [2.24, 2.45) is 5.73 Å². The topological polar surface area (TPSA) is 38.9 Å². The molecule has 0 aromatic carbocycles. The Morgan fingerprint density at radius 2 is 2.45 bits per heavy atom. The first-order valence-electron chi connectivity index (χ1n) is 3.97. The second-order valence-corrected chi connectivity index (χ2v) is 4.05. The maximum Gasteiger partial charge on any atom is 0.0987 e. The van der Waals surface area contributed by atoms with Crippen LogP contribution >= 0.6 is 11.3 Å². The van der Waals surface area contributed by atoms with Gasteiger partial charge in [0.05, 0.1) is 5.01 Å². The van der Waals surface area contributed by atoms with Crippen molar-refractivity contribution in [1.29, 1.82) is 0 Å². The zero-order chi connectivity index (χ0) is 7.73. The van der Waals surface area contributed by atoms with Crippen LogP contribution in [0.25, 0.3) is 0 Å². The smallest absolute Gasteiger partial charge is 0.0987 e. The molecule has 2 nitrogen and oxygen atoms in total. The molecule has 1 aromatic heterocycles. The number of aromatic nitrogens is 1. The molecule has 0 spiro atoms. The zero-order valence-electron chi connectivity index (χ0n) is 6.42. The number of rotatable bonds is 3. The summed E-state index contributed by atoms with van der Waals surface area (Å²) < 4.78 is 0. The van der Waals surface area contributed by atoms with Gasteiger partial charge in [0.15, 0.2) is 0 Å². The zero-order valence-corrected chi connectivity index (χ0v) is 7.23. The molecule has 0 amide bonds. The number of nitrogens with two attached hydrogens (primary N) is 1. The Bertz CT molecular complexity index is 226. The van der Waals surface area contributed by atoms with Crippen LogP contribution in [0.5, 0.6) is 0 Å². The SMILES string of the molecule is NCCC1(c2nccs2)CC1. The van der Waals surface area contributed by atoms with Crippen LogP contribution in [-0.4, -0.2) is 11.5 Å². The molecule has 0 saturated heterocycles. The molecular formula is C8H12N2S. The summed E-state index contributed by atoms with van der Waals surface area (Å²) in [5, 5.41) is 3.34. The van der Waals surface area contributed by atoms with E-state index in [4.69, 9.17) is 5.73 Å². The molecule has 1 aliphatic carbocycles. The lowest BCUT2D eigenvalue weighted by molar-refractivity contribution is 0.624. The van der Waals surface area contributed by atoms with E-state index in [0.717, 1.165) is 13.0 Å². The minimum absolute atomic E-state index is 0.406. The van der Waals surface area contributed by atoms with Gasteiger partial charge in [0.2, 0.25) is 0 Å². The van der Waals surface area contributed by atoms with Gasteiger partial charge in [-0.2, -0.15) is 0 Å². The van der Waals surface area contributed by atoms with E-state index in [9.17, 15) is 0 Å². The molecule has 2 N–H and O–H groups in total. The van der Waals surface area contributed by atoms with E-state index in [1.54, 1.807) is 11.3 Å². The molecule has 2 rings (SSSR count). The molecule has 11 heavy (non-hydrogen) atoms. The third-order valence-electron chi connectivity index (χ3n) is 2.36. The van der Waals surface area contributed by atoms with Crippen LogP contribution in [0.15, 0.2) is 11.6 Å². The van der Waals surface area contributed by atoms with E-state index in [-0.39, 0.29) is 0 Å². The van der Waals surface area contributed by atoms with E-state index in [0.29, 0.717) is 5.41 Å². The Morgan fingerprint density at radius 1 is 1.64 bits per heavy atom. The highest BCUT2D eigenvalue weighted by Crippen LogP contribution is 2.51. The fraction of sp³-hybridized carbons (Fsp3) is 0.625. The van der Waals surface area contributed by atoms with Gasteiger partial charge in [-0.3, -0.25) is 0 Å². The number of nitrogens with zero attached hydrogens (tertiary/aromatic N) is 1. The fourth-order valence-electron chi connectivity index (χ4n) is 1.48. The Kier molecular flexibility index (Phi) is 1.69. The van der Waals surface area contributed by atoms with Crippen molar-refractivity contribution >= 4 is 11.3 Å². The summed E-state index contributed by atoms with van der Waals surface area (Å²) in [5.74, 6) is 0. The van der Waals surface area contributed by atoms with Gasteiger partial charge in [-0.1, -0.05) is 0 Å². The van der Waals surface area contributed by atoms with Crippen molar-refractivity contribution < 1.29 is 0 Å². The Balaban J connectivity index is 2.15. The van der Waals surface area contributed by atoms with Crippen LogP contribution in [0, 0.1) is 0 Å². The van der Waals surface area contributed by atoms with Gasteiger partial charge in [0.1, 0.15) is 0 Å². The van der Waals surface area contributed by atoms with Crippen molar-refractivity contribution in [1.82, 2.24) is 4.98 Å². The standard InChI is InChI=1S/C8H12N2S/c9-4-3-8(1-2-8)7-10-5-6-11-7/h5-6H,1-4,9H2. The summed E-state index contributed by atoms with van der Waals surface area (Å²) in [4.78, 5) is 4.33. The Morgan fingerprint density at radius 3 is 2.91 bits per heavy atom. The summed E-state index contributed by atoms with van der Waals surface area (Å²) >= 11 is 1.77. The van der Waals surface area contributed by atoms with Gasteiger partial charge in [0.25, 0.3) is 0 Å². The lowest BCUT2D eigenvalue weighted by atomic mass is 10.0. The second kappa shape index (κ2) is 2.57. The monoisotopic (exact) mass is 168 g/mol. The first kappa shape index (κ1) is 7.25. The summed E-state index contributed by atoms with van der Waals surface area (Å²) in [6, 6.07) is 0. The molecule has 0 unspecified atom stereocenters. The molecule has 60 valence electrons. The average Bonchev–Trinajstić information content (AvgIpc) is 2.63. The third-order valence-corrected chi connectivity index (χ3v) is 3.38. The lowest BCUT2D eigenvalue weighted by Gasteiger charge is -2.08. The van der Waals surface area contributed by atoms with Gasteiger partial charge >= 0.3 is 0 Å². The predicted molar refractivity (Wildman–Crippen MR) is 46.7 cm³/mol. The van der Waals surface area contributed by atoms with E-state index in [2.05, 4.69) is 4.98 Å². The normalized spacial score (nSPS) is 20.1. The highest BCUT2D eigenvalue weighted by atomic mass is 32.1.